The van der Waals surface area contributed by atoms with E-state index < -0.39 is 100 Å². The Kier molecular flexibility index (Phi) is 7.76. The zero-order chi connectivity index (χ0) is 33.6. The van der Waals surface area contributed by atoms with Gasteiger partial charge >= 0.3 is 23.9 Å². The highest BCUT2D eigenvalue weighted by Crippen LogP contribution is 2.72. The molecule has 0 bridgehead atoms. The summed E-state index contributed by atoms with van der Waals surface area (Å²) in [6.45, 7) is 14.5. The Hall–Kier alpha value is -3.22. The lowest BCUT2D eigenvalue weighted by molar-refractivity contribution is -0.229. The van der Waals surface area contributed by atoms with E-state index in [0.717, 1.165) is 0 Å². The highest BCUT2D eigenvalue weighted by atomic mass is 16.6. The molecule has 2 N–H and O–H groups in total. The number of hydrogen-bond acceptors (Lipinski definition) is 12. The minimum absolute atomic E-state index is 0.0888. The third kappa shape index (κ3) is 4.35. The fourth-order valence-corrected chi connectivity index (χ4v) is 9.61. The van der Waals surface area contributed by atoms with Gasteiger partial charge in [0.15, 0.2) is 6.10 Å². The molecule has 0 spiro atoms. The smallest absolute Gasteiger partial charge is 0.335 e. The summed E-state index contributed by atoms with van der Waals surface area (Å²) in [6, 6.07) is 1.74. The van der Waals surface area contributed by atoms with Crippen LogP contribution in [0.2, 0.25) is 0 Å². The molecule has 252 valence electrons. The van der Waals surface area contributed by atoms with Crippen molar-refractivity contribution < 1.29 is 57.5 Å². The first-order valence-corrected chi connectivity index (χ1v) is 16.1. The van der Waals surface area contributed by atoms with E-state index in [4.69, 9.17) is 28.1 Å². The number of carbonyl (C=O) groups is 4. The van der Waals surface area contributed by atoms with E-state index in [2.05, 4.69) is 6.58 Å². The zero-order valence-electron chi connectivity index (χ0n) is 27.1. The van der Waals surface area contributed by atoms with Gasteiger partial charge in [-0.05, 0) is 36.5 Å². The van der Waals surface area contributed by atoms with Crippen molar-refractivity contribution in [1.29, 1.82) is 0 Å². The van der Waals surface area contributed by atoms with Crippen LogP contribution < -0.4 is 0 Å². The van der Waals surface area contributed by atoms with Gasteiger partial charge in [0.2, 0.25) is 0 Å². The Bertz CT molecular complexity index is 1440. The van der Waals surface area contributed by atoms with E-state index in [1.165, 1.54) is 19.5 Å². The molecule has 6 rings (SSSR count). The second-order valence-corrected chi connectivity index (χ2v) is 14.5. The first kappa shape index (κ1) is 32.7. The molecule has 0 radical (unpaired) electrons. The van der Waals surface area contributed by atoms with Gasteiger partial charge in [-0.1, -0.05) is 40.7 Å². The molecule has 0 amide bonds. The molecule has 1 aromatic rings. The van der Waals surface area contributed by atoms with Crippen molar-refractivity contribution in [3.63, 3.8) is 0 Å². The number of furan rings is 1. The Morgan fingerprint density at radius 1 is 1.15 bits per heavy atom. The number of rotatable bonds is 6. The largest absolute Gasteiger partial charge is 0.472 e. The lowest BCUT2D eigenvalue weighted by Gasteiger charge is -2.59. The van der Waals surface area contributed by atoms with Crippen LogP contribution in [0.4, 0.5) is 0 Å². The number of aliphatic hydroxyl groups is 2. The molecule has 0 unspecified atom stereocenters. The predicted molar refractivity (Wildman–Crippen MR) is 158 cm³/mol. The van der Waals surface area contributed by atoms with Crippen molar-refractivity contribution in [3.8, 4) is 0 Å². The van der Waals surface area contributed by atoms with Crippen molar-refractivity contribution in [2.75, 3.05) is 6.61 Å². The highest BCUT2D eigenvalue weighted by molar-refractivity contribution is 5.76. The monoisotopic (exact) mass is 644 g/mol. The summed E-state index contributed by atoms with van der Waals surface area (Å²) in [5, 5.41) is 24.1. The summed E-state index contributed by atoms with van der Waals surface area (Å²) in [5.41, 5.74) is -4.72. The predicted octanol–water partition coefficient (Wildman–Crippen LogP) is 2.98. The van der Waals surface area contributed by atoms with Crippen LogP contribution in [0.3, 0.4) is 0 Å². The average Bonchev–Trinajstić information content (AvgIpc) is 3.66. The van der Waals surface area contributed by atoms with Gasteiger partial charge in [0, 0.05) is 30.1 Å². The maximum absolute atomic E-state index is 13.7. The summed E-state index contributed by atoms with van der Waals surface area (Å²) in [5.74, 6) is -4.95. The number of aliphatic hydroxyl groups excluding tert-OH is 1. The normalized spacial score (nSPS) is 44.3. The highest BCUT2D eigenvalue weighted by Gasteiger charge is 2.80. The average molecular weight is 645 g/mol. The van der Waals surface area contributed by atoms with Gasteiger partial charge in [0.1, 0.15) is 36.1 Å². The van der Waals surface area contributed by atoms with E-state index in [1.54, 1.807) is 26.8 Å². The lowest BCUT2D eigenvalue weighted by atomic mass is 9.48. The first-order chi connectivity index (χ1) is 21.5. The second-order valence-electron chi connectivity index (χ2n) is 14.5. The van der Waals surface area contributed by atoms with Crippen LogP contribution in [-0.2, 0) is 42.9 Å². The van der Waals surface area contributed by atoms with Gasteiger partial charge in [-0.15, -0.1) is 0 Å². The van der Waals surface area contributed by atoms with Crippen molar-refractivity contribution in [1.82, 2.24) is 0 Å². The van der Waals surface area contributed by atoms with E-state index in [9.17, 15) is 29.4 Å². The van der Waals surface area contributed by atoms with Gasteiger partial charge in [-0.25, -0.2) is 4.79 Å². The maximum atomic E-state index is 13.7. The molecule has 5 aliphatic rings. The standard InChI is InChI=1S/C34H44O12/c1-8-16(2)27(38)30(39)45-29-28-26(32(6)21-12-24(36)42-15-31(21,5)46-25(37)13-22(32)44-28)17(3)34(40)23(43-18(4)35)11-20(33(29,34)7)19-9-10-41-14-19/h9-10,14,16,20-23,26-29,38,40H,3,8,11-13,15H2,1-2,4-7H3/t16-,20+,21+,22+,23+,26-,27-,28-,29+,31-,32-,33-,34-/m1/s1. The molecule has 3 saturated heterocycles. The quantitative estimate of drug-likeness (QED) is 0.264. The zero-order valence-corrected chi connectivity index (χ0v) is 27.1. The molecule has 46 heavy (non-hydrogen) atoms. The van der Waals surface area contributed by atoms with E-state index in [0.29, 0.717) is 12.0 Å². The molecule has 12 nitrogen and oxygen atoms in total. The fourth-order valence-electron chi connectivity index (χ4n) is 9.61. The molecule has 2 aliphatic carbocycles. The lowest BCUT2D eigenvalue weighted by Crippen LogP contribution is -2.69. The third-order valence-electron chi connectivity index (χ3n) is 12.2. The number of hydrogen-bond donors (Lipinski definition) is 2. The van der Waals surface area contributed by atoms with Gasteiger partial charge in [-0.3, -0.25) is 14.4 Å². The maximum Gasteiger partial charge on any atom is 0.335 e. The number of carbonyl (C=O) groups excluding carboxylic acids is 4. The minimum atomic E-state index is -1.99. The minimum Gasteiger partial charge on any atom is -0.472 e. The van der Waals surface area contributed by atoms with Crippen LogP contribution in [0.5, 0.6) is 0 Å². The van der Waals surface area contributed by atoms with Crippen molar-refractivity contribution in [2.45, 2.75) is 115 Å². The Morgan fingerprint density at radius 3 is 2.50 bits per heavy atom. The summed E-state index contributed by atoms with van der Waals surface area (Å²) in [6.07, 6.45) is -2.16. The number of fused-ring (bicyclic) bond motifs is 6. The van der Waals surface area contributed by atoms with Crippen LogP contribution in [0.25, 0.3) is 0 Å². The van der Waals surface area contributed by atoms with Crippen LogP contribution >= 0.6 is 0 Å². The summed E-state index contributed by atoms with van der Waals surface area (Å²) < 4.78 is 35.6. The Balaban J connectivity index is 1.57. The van der Waals surface area contributed by atoms with Crippen molar-refractivity contribution in [2.24, 2.45) is 28.6 Å². The summed E-state index contributed by atoms with van der Waals surface area (Å²) in [7, 11) is 0. The number of esters is 4. The molecular weight excluding hydrogens is 600 g/mol. The number of ether oxygens (including phenoxy) is 5. The number of cyclic esters (lactones) is 1. The molecule has 3 aliphatic heterocycles. The first-order valence-electron chi connectivity index (χ1n) is 16.1. The molecule has 5 fully saturated rings. The topological polar surface area (TPSA) is 168 Å². The Labute approximate surface area is 267 Å². The van der Waals surface area contributed by atoms with E-state index in [1.807, 2.05) is 13.8 Å². The van der Waals surface area contributed by atoms with Gasteiger partial charge < -0.3 is 38.3 Å². The van der Waals surface area contributed by atoms with Crippen LogP contribution in [0.1, 0.15) is 78.7 Å². The molecule has 13 atom stereocenters. The van der Waals surface area contributed by atoms with Crippen LogP contribution in [-0.4, -0.2) is 82.4 Å². The molecule has 2 saturated carbocycles. The van der Waals surface area contributed by atoms with Crippen molar-refractivity contribution >= 4 is 23.9 Å². The van der Waals surface area contributed by atoms with Crippen LogP contribution in [0, 0.1) is 28.6 Å². The Morgan fingerprint density at radius 2 is 1.87 bits per heavy atom. The SMILES string of the molecule is C=C1[C@@H]2[C@@H](O[C@H]3CC(=O)O[C@]4(C)COC(=O)C[C@@H]4[C@]32C)[C@H](OC(=O)[C@H](O)[C@H](C)CC)[C@@]2(C)[C@H](c3ccoc3)C[C@H](OC(C)=O)[C@]12O. The van der Waals surface area contributed by atoms with Gasteiger partial charge in [-0.2, -0.15) is 0 Å². The van der Waals surface area contributed by atoms with E-state index in [-0.39, 0.29) is 31.4 Å². The summed E-state index contributed by atoms with van der Waals surface area (Å²) in [4.78, 5) is 52.3. The van der Waals surface area contributed by atoms with Crippen molar-refractivity contribution in [3.05, 3.63) is 36.3 Å². The molecule has 1 aromatic heterocycles. The third-order valence-corrected chi connectivity index (χ3v) is 12.2. The molecule has 0 aromatic carbocycles. The molecule has 4 heterocycles. The summed E-state index contributed by atoms with van der Waals surface area (Å²) >= 11 is 0. The molecule has 12 heteroatoms. The van der Waals surface area contributed by atoms with Gasteiger partial charge in [0.05, 0.1) is 36.9 Å². The van der Waals surface area contributed by atoms with Gasteiger partial charge in [0.25, 0.3) is 0 Å². The van der Waals surface area contributed by atoms with E-state index >= 15 is 0 Å². The second kappa shape index (κ2) is 10.9. The fraction of sp³-hybridized carbons (Fsp3) is 0.706. The molecular formula is C34H44O12. The van der Waals surface area contributed by atoms with Crippen LogP contribution in [0.15, 0.2) is 35.2 Å².